The third kappa shape index (κ3) is 9.00. The molecule has 0 bridgehead atoms. The molecular weight excluding hydrogens is 793 g/mol. The van der Waals surface area contributed by atoms with Crippen LogP contribution in [0.1, 0.15) is 26.7 Å². The quantitative estimate of drug-likeness (QED) is 0.0938. The molecule has 0 saturated carbocycles. The van der Waals surface area contributed by atoms with Crippen molar-refractivity contribution < 1.29 is 36.6 Å². The first-order valence-corrected chi connectivity index (χ1v) is 19.1. The summed E-state index contributed by atoms with van der Waals surface area (Å²) in [5.74, 6) is -1.79. The number of hydrogen-bond donors (Lipinski definition) is 4. The van der Waals surface area contributed by atoms with Gasteiger partial charge in [-0.2, -0.15) is 30.1 Å². The Hall–Kier alpha value is -7.00. The van der Waals surface area contributed by atoms with Crippen LogP contribution in [0.25, 0.3) is 22.1 Å². The van der Waals surface area contributed by atoms with Gasteiger partial charge < -0.3 is 39.9 Å². The number of hydrogen-bond acceptors (Lipinski definition) is 12. The number of fused-ring (bicyclic) bond motifs is 2. The smallest absolute Gasteiger partial charge is 0.246 e. The molecule has 4 N–H and O–H groups in total. The molecule has 0 unspecified atom stereocenters. The number of amides is 2. The van der Waals surface area contributed by atoms with Gasteiger partial charge >= 0.3 is 0 Å². The number of nitrogens with zero attached hydrogens (tertiary/aromatic N) is 10. The largest absolute Gasteiger partial charge is 0.469 e. The Kier molecular flexibility index (Phi) is 12.3. The molecule has 0 radical (unpaired) electrons. The van der Waals surface area contributed by atoms with Crippen molar-refractivity contribution in [2.24, 2.45) is 0 Å². The van der Waals surface area contributed by atoms with Gasteiger partial charge in [-0.15, -0.1) is 0 Å². The molecule has 0 aromatic carbocycles. The first-order chi connectivity index (χ1) is 29.0. The van der Waals surface area contributed by atoms with Crippen molar-refractivity contribution in [1.82, 2.24) is 59.3 Å². The molecule has 2 fully saturated rings. The molecule has 0 aliphatic carbocycles. The first-order valence-electron chi connectivity index (χ1n) is 19.1. The molecule has 2 aliphatic rings. The summed E-state index contributed by atoms with van der Waals surface area (Å²) in [6.45, 7) is 12.7. The number of alkyl halides is 2. The predicted molar refractivity (Wildman–Crippen MR) is 211 cm³/mol. The second kappa shape index (κ2) is 17.9. The molecule has 0 spiro atoms. The summed E-state index contributed by atoms with van der Waals surface area (Å²) >= 11 is 0. The number of aromatic amines is 2. The summed E-state index contributed by atoms with van der Waals surface area (Å²) in [5, 5.41) is 14.3. The van der Waals surface area contributed by atoms with Crippen LogP contribution in [-0.4, -0.2) is 122 Å². The summed E-state index contributed by atoms with van der Waals surface area (Å²) in [7, 11) is 0. The highest BCUT2D eigenvalue weighted by Gasteiger charge is 2.35. The minimum Gasteiger partial charge on any atom is -0.469 e. The van der Waals surface area contributed by atoms with Crippen molar-refractivity contribution in [2.45, 2.75) is 64.3 Å². The SMILES string of the molecule is C=CC(=O)N1CC[C@@H](F)[C@@H](Oc2nc(Nc3cnn(CC)c3)nc3[nH]cc(F)c23)C1.C=CC(=O)N1CC[C@H](F)[C@H](Oc2nc(Nc3cnn(CC)c3)nc3[nH]cc(F)c23)C1. The van der Waals surface area contributed by atoms with Crippen molar-refractivity contribution in [3.8, 4) is 11.8 Å². The number of halogens is 4. The van der Waals surface area contributed by atoms with Gasteiger partial charge in [0.25, 0.3) is 0 Å². The summed E-state index contributed by atoms with van der Waals surface area (Å²) in [5.41, 5.74) is 1.68. The number of rotatable bonds is 12. The van der Waals surface area contributed by atoms with Crippen LogP contribution in [0, 0.1) is 11.6 Å². The van der Waals surface area contributed by atoms with Gasteiger partial charge in [0.2, 0.25) is 35.5 Å². The second-order valence-electron chi connectivity index (χ2n) is 13.7. The number of aryl methyl sites for hydroxylation is 2. The van der Waals surface area contributed by atoms with E-state index in [4.69, 9.17) is 9.47 Å². The Bertz CT molecular complexity index is 2330. The minimum absolute atomic E-state index is 0.00951. The Labute approximate surface area is 339 Å². The molecule has 6 aromatic heterocycles. The highest BCUT2D eigenvalue weighted by molar-refractivity contribution is 5.88. The molecule has 2 saturated heterocycles. The van der Waals surface area contributed by atoms with Gasteiger partial charge in [-0.3, -0.25) is 19.0 Å². The van der Waals surface area contributed by atoms with Crippen LogP contribution < -0.4 is 20.1 Å². The number of piperidine rings is 2. The lowest BCUT2D eigenvalue weighted by Gasteiger charge is -2.34. The fraction of sp³-hybridized carbons (Fsp3) is 0.368. The van der Waals surface area contributed by atoms with E-state index in [0.717, 1.165) is 12.4 Å². The monoisotopic (exact) mass is 834 g/mol. The normalized spacial score (nSPS) is 19.1. The van der Waals surface area contributed by atoms with E-state index in [1.54, 1.807) is 34.2 Å². The zero-order chi connectivity index (χ0) is 42.5. The average Bonchev–Trinajstić information content (AvgIpc) is 4.07. The van der Waals surface area contributed by atoms with E-state index in [2.05, 4.69) is 63.9 Å². The molecule has 6 aromatic rings. The molecule has 18 nitrogen and oxygen atoms in total. The van der Waals surface area contributed by atoms with E-state index in [9.17, 15) is 27.2 Å². The first kappa shape index (κ1) is 41.2. The van der Waals surface area contributed by atoms with Gasteiger partial charge in [0.1, 0.15) is 46.6 Å². The number of carbonyl (C=O) groups excluding carboxylic acids is 2. The van der Waals surface area contributed by atoms with Gasteiger partial charge in [0.05, 0.1) is 36.9 Å². The number of likely N-dealkylation sites (tertiary alicyclic amines) is 2. The lowest BCUT2D eigenvalue weighted by Crippen LogP contribution is -2.49. The van der Waals surface area contributed by atoms with Crippen LogP contribution in [0.15, 0.2) is 62.5 Å². The zero-order valence-electron chi connectivity index (χ0n) is 32.6. The van der Waals surface area contributed by atoms with Gasteiger partial charge in [-0.25, -0.2) is 17.6 Å². The van der Waals surface area contributed by atoms with Crippen molar-refractivity contribution in [3.05, 3.63) is 74.1 Å². The van der Waals surface area contributed by atoms with Crippen LogP contribution in [0.4, 0.5) is 40.8 Å². The maximum absolute atomic E-state index is 14.5. The molecule has 8 heterocycles. The molecule has 22 heteroatoms. The summed E-state index contributed by atoms with van der Waals surface area (Å²) in [6, 6.07) is 0. The molecule has 8 rings (SSSR count). The van der Waals surface area contributed by atoms with E-state index < -0.39 is 36.2 Å². The van der Waals surface area contributed by atoms with Gasteiger partial charge in [-0.1, -0.05) is 13.2 Å². The van der Waals surface area contributed by atoms with E-state index >= 15 is 0 Å². The minimum atomic E-state index is -1.33. The zero-order valence-corrected chi connectivity index (χ0v) is 32.6. The molecule has 2 amide bonds. The Balaban J connectivity index is 0.000000181. The van der Waals surface area contributed by atoms with Crippen LogP contribution in [0.3, 0.4) is 0 Å². The Morgan fingerprint density at radius 3 is 1.53 bits per heavy atom. The Morgan fingerprint density at radius 1 is 0.750 bits per heavy atom. The van der Waals surface area contributed by atoms with Gasteiger partial charge in [0, 0.05) is 51.0 Å². The number of anilines is 4. The van der Waals surface area contributed by atoms with Crippen molar-refractivity contribution >= 4 is 57.2 Å². The molecule has 4 atom stereocenters. The van der Waals surface area contributed by atoms with Crippen molar-refractivity contribution in [2.75, 3.05) is 36.8 Å². The number of nitrogens with one attached hydrogen (secondary N) is 4. The maximum Gasteiger partial charge on any atom is 0.246 e. The predicted octanol–water partition coefficient (Wildman–Crippen LogP) is 5.12. The fourth-order valence-corrected chi connectivity index (χ4v) is 6.61. The Morgan fingerprint density at radius 2 is 1.17 bits per heavy atom. The number of H-pyrrole nitrogens is 2. The lowest BCUT2D eigenvalue weighted by molar-refractivity contribution is -0.130. The third-order valence-corrected chi connectivity index (χ3v) is 9.78. The lowest BCUT2D eigenvalue weighted by atomic mass is 10.1. The van der Waals surface area contributed by atoms with Crippen LogP contribution in [-0.2, 0) is 22.7 Å². The van der Waals surface area contributed by atoms with Crippen molar-refractivity contribution in [3.63, 3.8) is 0 Å². The van der Waals surface area contributed by atoms with E-state index in [0.29, 0.717) is 24.5 Å². The second-order valence-corrected chi connectivity index (χ2v) is 13.7. The fourth-order valence-electron chi connectivity index (χ4n) is 6.61. The van der Waals surface area contributed by atoms with Crippen LogP contribution in [0.5, 0.6) is 11.8 Å². The standard InChI is InChI=1S/2C19H21F2N7O2/c2*1-3-15(29)27-6-5-12(20)14(10-27)30-18-16-13(21)8-22-17(16)25-19(26-18)24-11-7-23-28(4-2)9-11/h2*3,7-9,12,14H,1,4-6,10H2,2H3,(H2,22,24,25,26)/t2*12-,14+/m10/s1. The van der Waals surface area contributed by atoms with E-state index in [1.165, 1.54) is 22.0 Å². The van der Waals surface area contributed by atoms with E-state index in [1.807, 2.05) is 13.8 Å². The molecule has 2 aliphatic heterocycles. The summed E-state index contributed by atoms with van der Waals surface area (Å²) < 4.78 is 72.7. The summed E-state index contributed by atoms with van der Waals surface area (Å²) in [4.78, 5) is 49.1. The third-order valence-electron chi connectivity index (χ3n) is 9.78. The van der Waals surface area contributed by atoms with E-state index in [-0.39, 0.29) is 96.6 Å². The number of aromatic nitrogens is 10. The number of ether oxygens (including phenoxy) is 2. The summed E-state index contributed by atoms with van der Waals surface area (Å²) in [6.07, 6.45) is 6.90. The van der Waals surface area contributed by atoms with Crippen molar-refractivity contribution in [1.29, 1.82) is 0 Å². The number of carbonyl (C=O) groups is 2. The average molecular weight is 835 g/mol. The molecule has 60 heavy (non-hydrogen) atoms. The van der Waals surface area contributed by atoms with Crippen LogP contribution >= 0.6 is 0 Å². The van der Waals surface area contributed by atoms with Crippen LogP contribution in [0.2, 0.25) is 0 Å². The molecule has 316 valence electrons. The van der Waals surface area contributed by atoms with Gasteiger partial charge in [0.15, 0.2) is 11.6 Å². The highest BCUT2D eigenvalue weighted by atomic mass is 19.1. The molecular formula is C38H42F4N14O4. The highest BCUT2D eigenvalue weighted by Crippen LogP contribution is 2.32. The maximum atomic E-state index is 14.5. The topological polar surface area (TPSA) is 202 Å². The van der Waals surface area contributed by atoms with Gasteiger partial charge in [-0.05, 0) is 38.8 Å².